The van der Waals surface area contributed by atoms with E-state index in [9.17, 15) is 13.2 Å². The van der Waals surface area contributed by atoms with Gasteiger partial charge in [-0.2, -0.15) is 0 Å². The maximum atomic E-state index is 12.4. The number of rotatable bonds is 4. The molecule has 27 heavy (non-hydrogen) atoms. The van der Waals surface area contributed by atoms with E-state index in [1.54, 1.807) is 30.3 Å². The molecule has 3 aromatic rings. The minimum absolute atomic E-state index is 0.202. The Morgan fingerprint density at radius 1 is 1.00 bits per heavy atom. The highest BCUT2D eigenvalue weighted by molar-refractivity contribution is 7.90. The van der Waals surface area contributed by atoms with Gasteiger partial charge >= 0.3 is 5.97 Å². The Morgan fingerprint density at radius 3 is 2.30 bits per heavy atom. The van der Waals surface area contributed by atoms with E-state index in [1.807, 2.05) is 0 Å². The Balaban J connectivity index is 1.89. The van der Waals surface area contributed by atoms with Gasteiger partial charge in [-0.3, -0.25) is 0 Å². The van der Waals surface area contributed by atoms with Crippen LogP contribution in [0.4, 0.5) is 0 Å². The van der Waals surface area contributed by atoms with Crippen LogP contribution in [0.2, 0.25) is 10.2 Å². The number of nitrogens with zero attached hydrogens (tertiary/aromatic N) is 1. The van der Waals surface area contributed by atoms with Gasteiger partial charge in [0, 0.05) is 16.8 Å². The van der Waals surface area contributed by atoms with Crippen LogP contribution in [0.3, 0.4) is 0 Å². The summed E-state index contributed by atoms with van der Waals surface area (Å²) in [6.45, 7) is 0. The number of pyridine rings is 1. The third kappa shape index (κ3) is 4.66. The Kier molecular flexibility index (Phi) is 5.51. The lowest BCUT2D eigenvalue weighted by molar-refractivity contribution is 0.0734. The number of aromatic nitrogens is 1. The van der Waals surface area contributed by atoms with Crippen molar-refractivity contribution >= 4 is 39.0 Å². The van der Waals surface area contributed by atoms with E-state index in [2.05, 4.69) is 4.98 Å². The number of benzene rings is 2. The summed E-state index contributed by atoms with van der Waals surface area (Å²) < 4.78 is 28.4. The van der Waals surface area contributed by atoms with Crippen LogP contribution in [0.1, 0.15) is 10.4 Å². The van der Waals surface area contributed by atoms with E-state index in [0.717, 1.165) is 6.26 Å². The van der Waals surface area contributed by atoms with Gasteiger partial charge in [0.05, 0.1) is 16.7 Å². The molecule has 138 valence electrons. The second-order valence-electron chi connectivity index (χ2n) is 5.70. The molecule has 0 amide bonds. The van der Waals surface area contributed by atoms with Crippen molar-refractivity contribution < 1.29 is 17.9 Å². The number of hydrogen-bond acceptors (Lipinski definition) is 5. The molecule has 0 unspecified atom stereocenters. The number of carbonyl (C=O) groups excluding carboxylic acids is 1. The van der Waals surface area contributed by atoms with E-state index in [1.165, 1.54) is 30.5 Å². The largest absolute Gasteiger partial charge is 0.421 e. The lowest BCUT2D eigenvalue weighted by atomic mass is 10.0. The molecule has 0 aliphatic heterocycles. The zero-order chi connectivity index (χ0) is 19.6. The molecule has 0 radical (unpaired) electrons. The predicted molar refractivity (Wildman–Crippen MR) is 104 cm³/mol. The van der Waals surface area contributed by atoms with Crippen molar-refractivity contribution in [1.29, 1.82) is 0 Å². The summed E-state index contributed by atoms with van der Waals surface area (Å²) in [6, 6.07) is 14.0. The van der Waals surface area contributed by atoms with Crippen LogP contribution in [0, 0.1) is 0 Å². The summed E-state index contributed by atoms with van der Waals surface area (Å²) in [5, 5.41) is 0.716. The normalized spacial score (nSPS) is 11.2. The molecule has 0 bridgehead atoms. The summed E-state index contributed by atoms with van der Waals surface area (Å²) in [5.41, 5.74) is 1.55. The molecule has 0 spiro atoms. The van der Waals surface area contributed by atoms with Crippen molar-refractivity contribution in [2.75, 3.05) is 6.26 Å². The summed E-state index contributed by atoms with van der Waals surface area (Å²) in [4.78, 5) is 16.4. The molecule has 1 heterocycles. The molecule has 0 atom stereocenters. The maximum absolute atomic E-state index is 12.4. The molecule has 8 heteroatoms. The van der Waals surface area contributed by atoms with E-state index < -0.39 is 15.8 Å². The van der Waals surface area contributed by atoms with Crippen LogP contribution < -0.4 is 4.74 Å². The minimum Gasteiger partial charge on any atom is -0.421 e. The average Bonchev–Trinajstić information content (AvgIpc) is 2.63. The molecular formula is C19H13Cl2NO4S. The maximum Gasteiger partial charge on any atom is 0.343 e. The van der Waals surface area contributed by atoms with Crippen LogP contribution in [0.5, 0.6) is 5.75 Å². The topological polar surface area (TPSA) is 73.3 Å². The molecule has 2 aromatic carbocycles. The molecule has 1 aromatic heterocycles. The van der Waals surface area contributed by atoms with Crippen LogP contribution in [0.15, 0.2) is 65.7 Å². The molecule has 0 fully saturated rings. The van der Waals surface area contributed by atoms with E-state index in [4.69, 9.17) is 27.9 Å². The molecule has 0 N–H and O–H groups in total. The van der Waals surface area contributed by atoms with E-state index in [-0.39, 0.29) is 16.2 Å². The smallest absolute Gasteiger partial charge is 0.343 e. The molecule has 0 saturated carbocycles. The lowest BCUT2D eigenvalue weighted by Gasteiger charge is -2.09. The third-order valence-electron chi connectivity index (χ3n) is 3.71. The summed E-state index contributed by atoms with van der Waals surface area (Å²) in [6.07, 6.45) is 2.48. The summed E-state index contributed by atoms with van der Waals surface area (Å²) in [5.74, 6) is -0.316. The average molecular weight is 422 g/mol. The van der Waals surface area contributed by atoms with Gasteiger partial charge in [0.1, 0.15) is 10.9 Å². The first-order valence-electron chi connectivity index (χ1n) is 7.68. The standard InChI is InChI=1S/C19H13Cl2NO4S/c1-27(24,25)15-6-2-12(3-7-15)16-10-13(4-8-17(16)20)19(23)26-14-5-9-18(21)22-11-14/h2-11H,1H3. The Morgan fingerprint density at radius 2 is 1.70 bits per heavy atom. The Labute approximate surface area is 166 Å². The van der Waals surface area contributed by atoms with Crippen LogP contribution in [-0.4, -0.2) is 25.6 Å². The van der Waals surface area contributed by atoms with Gasteiger partial charge in [-0.1, -0.05) is 35.3 Å². The highest BCUT2D eigenvalue weighted by atomic mass is 35.5. The molecule has 0 aliphatic carbocycles. The van der Waals surface area contributed by atoms with Gasteiger partial charge in [-0.15, -0.1) is 0 Å². The second kappa shape index (κ2) is 7.68. The zero-order valence-electron chi connectivity index (χ0n) is 14.0. The first-order chi connectivity index (χ1) is 12.7. The molecule has 0 saturated heterocycles. The van der Waals surface area contributed by atoms with Crippen molar-refractivity contribution in [3.05, 3.63) is 76.5 Å². The van der Waals surface area contributed by atoms with E-state index in [0.29, 0.717) is 21.3 Å². The number of sulfone groups is 1. The predicted octanol–water partition coefficient (Wildman–Crippen LogP) is 4.68. The lowest BCUT2D eigenvalue weighted by Crippen LogP contribution is -2.08. The van der Waals surface area contributed by atoms with Gasteiger partial charge in [-0.05, 0) is 48.0 Å². The van der Waals surface area contributed by atoms with Crippen LogP contribution in [0.25, 0.3) is 11.1 Å². The fraction of sp³-hybridized carbons (Fsp3) is 0.0526. The number of halogens is 2. The minimum atomic E-state index is -3.29. The van der Waals surface area contributed by atoms with Gasteiger partial charge in [0.25, 0.3) is 0 Å². The third-order valence-corrected chi connectivity index (χ3v) is 5.39. The SMILES string of the molecule is CS(=O)(=O)c1ccc(-c2cc(C(=O)Oc3ccc(Cl)nc3)ccc2Cl)cc1. The molecule has 5 nitrogen and oxygen atoms in total. The Hall–Kier alpha value is -2.41. The number of esters is 1. The first-order valence-corrected chi connectivity index (χ1v) is 10.3. The van der Waals surface area contributed by atoms with Crippen LogP contribution >= 0.6 is 23.2 Å². The zero-order valence-corrected chi connectivity index (χ0v) is 16.3. The van der Waals surface area contributed by atoms with Crippen molar-refractivity contribution in [1.82, 2.24) is 4.98 Å². The monoisotopic (exact) mass is 421 g/mol. The highest BCUT2D eigenvalue weighted by Crippen LogP contribution is 2.30. The van der Waals surface area contributed by atoms with Crippen molar-refractivity contribution in [2.24, 2.45) is 0 Å². The number of ether oxygens (including phenoxy) is 1. The molecular weight excluding hydrogens is 409 g/mol. The first kappa shape index (κ1) is 19.4. The van der Waals surface area contributed by atoms with Crippen molar-refractivity contribution in [2.45, 2.75) is 4.90 Å². The summed E-state index contributed by atoms with van der Waals surface area (Å²) in [7, 11) is -3.29. The van der Waals surface area contributed by atoms with Gasteiger partial charge in [-0.25, -0.2) is 18.2 Å². The molecule has 3 rings (SSSR count). The summed E-state index contributed by atoms with van der Waals surface area (Å²) >= 11 is 12.0. The highest BCUT2D eigenvalue weighted by Gasteiger charge is 2.14. The van der Waals surface area contributed by atoms with Crippen molar-refractivity contribution in [3.63, 3.8) is 0 Å². The second-order valence-corrected chi connectivity index (χ2v) is 8.51. The van der Waals surface area contributed by atoms with Crippen molar-refractivity contribution in [3.8, 4) is 16.9 Å². The van der Waals surface area contributed by atoms with Crippen LogP contribution in [-0.2, 0) is 9.84 Å². The van der Waals surface area contributed by atoms with Gasteiger partial charge < -0.3 is 4.74 Å². The fourth-order valence-electron chi connectivity index (χ4n) is 2.34. The Bertz CT molecular complexity index is 1100. The van der Waals surface area contributed by atoms with E-state index >= 15 is 0 Å². The molecule has 0 aliphatic rings. The quantitative estimate of drug-likeness (QED) is 0.451. The fourth-order valence-corrected chi connectivity index (χ4v) is 3.31. The number of hydrogen-bond donors (Lipinski definition) is 0. The van der Waals surface area contributed by atoms with Gasteiger partial charge in [0.2, 0.25) is 0 Å². The van der Waals surface area contributed by atoms with Gasteiger partial charge in [0.15, 0.2) is 9.84 Å². The number of carbonyl (C=O) groups is 1.